The number of hydrogen-bond acceptors (Lipinski definition) is 3. The van der Waals surface area contributed by atoms with Crippen LogP contribution in [0.3, 0.4) is 0 Å². The summed E-state index contributed by atoms with van der Waals surface area (Å²) < 4.78 is 13.5. The van der Waals surface area contributed by atoms with Crippen molar-refractivity contribution in [3.05, 3.63) is 34.6 Å². The van der Waals surface area contributed by atoms with Gasteiger partial charge in [-0.3, -0.25) is 4.79 Å². The van der Waals surface area contributed by atoms with E-state index in [2.05, 4.69) is 5.32 Å². The molecule has 0 aliphatic carbocycles. The summed E-state index contributed by atoms with van der Waals surface area (Å²) in [5, 5.41) is 20.8. The molecule has 0 aromatic heterocycles. The monoisotopic (exact) mass is 275 g/mol. The van der Waals surface area contributed by atoms with Crippen molar-refractivity contribution in [2.45, 2.75) is 18.9 Å². The number of halogens is 2. The van der Waals surface area contributed by atoms with E-state index >= 15 is 0 Å². The Balaban J connectivity index is 3.02. The van der Waals surface area contributed by atoms with Gasteiger partial charge in [-0.2, -0.15) is 0 Å². The number of carbonyl (C=O) groups excluding carboxylic acids is 1. The molecule has 0 unspecified atom stereocenters. The van der Waals surface area contributed by atoms with Crippen LogP contribution in [0.5, 0.6) is 0 Å². The van der Waals surface area contributed by atoms with Crippen molar-refractivity contribution in [3.63, 3.8) is 0 Å². The predicted molar refractivity (Wildman–Crippen MR) is 66.1 cm³/mol. The second-order valence-electron chi connectivity index (χ2n) is 4.00. The molecular weight excluding hydrogens is 261 g/mol. The highest BCUT2D eigenvalue weighted by atomic mass is 35.5. The molecule has 18 heavy (non-hydrogen) atoms. The van der Waals surface area contributed by atoms with Crippen LogP contribution in [-0.2, 0) is 0 Å². The average Bonchev–Trinajstić information content (AvgIpc) is 2.36. The third-order valence-corrected chi connectivity index (χ3v) is 3.17. The lowest BCUT2D eigenvalue weighted by molar-refractivity contribution is 0.0650. The fraction of sp³-hybridized carbons (Fsp3) is 0.417. The lowest BCUT2D eigenvalue weighted by atomic mass is 9.97. The Hall–Kier alpha value is -1.17. The largest absolute Gasteiger partial charge is 0.394 e. The van der Waals surface area contributed by atoms with Gasteiger partial charge in [0.25, 0.3) is 5.91 Å². The second kappa shape index (κ2) is 6.13. The second-order valence-corrected chi connectivity index (χ2v) is 4.41. The standard InChI is InChI=1S/C12H15ClFNO3/c1-2-12(6-16,7-17)15-11(18)10-8(13)4-3-5-9(10)14/h3-5,16-17H,2,6-7H2,1H3,(H,15,18). The fourth-order valence-electron chi connectivity index (χ4n) is 1.46. The van der Waals surface area contributed by atoms with E-state index in [0.29, 0.717) is 6.42 Å². The van der Waals surface area contributed by atoms with Crippen LogP contribution in [0, 0.1) is 5.82 Å². The highest BCUT2D eigenvalue weighted by molar-refractivity contribution is 6.33. The molecule has 1 aromatic rings. The third-order valence-electron chi connectivity index (χ3n) is 2.85. The Kier molecular flexibility index (Phi) is 5.07. The van der Waals surface area contributed by atoms with Crippen molar-refractivity contribution < 1.29 is 19.4 Å². The van der Waals surface area contributed by atoms with E-state index in [0.717, 1.165) is 6.07 Å². The predicted octanol–water partition coefficient (Wildman–Crippen LogP) is 1.34. The van der Waals surface area contributed by atoms with Gasteiger partial charge in [0.2, 0.25) is 0 Å². The quantitative estimate of drug-likeness (QED) is 0.760. The van der Waals surface area contributed by atoms with Gasteiger partial charge in [-0.05, 0) is 18.6 Å². The molecule has 4 nitrogen and oxygen atoms in total. The van der Waals surface area contributed by atoms with E-state index in [1.54, 1.807) is 6.92 Å². The summed E-state index contributed by atoms with van der Waals surface area (Å²) in [7, 11) is 0. The summed E-state index contributed by atoms with van der Waals surface area (Å²) in [6.45, 7) is 0.797. The molecule has 0 aliphatic rings. The molecule has 0 radical (unpaired) electrons. The van der Waals surface area contributed by atoms with Gasteiger partial charge in [-0.25, -0.2) is 4.39 Å². The first-order chi connectivity index (χ1) is 8.49. The highest BCUT2D eigenvalue weighted by Crippen LogP contribution is 2.20. The summed E-state index contributed by atoms with van der Waals surface area (Å²) in [6.07, 6.45) is 0.303. The van der Waals surface area contributed by atoms with Crippen LogP contribution in [0.4, 0.5) is 4.39 Å². The van der Waals surface area contributed by atoms with Crippen LogP contribution in [0.1, 0.15) is 23.7 Å². The molecule has 1 amide bonds. The lowest BCUT2D eigenvalue weighted by Gasteiger charge is -2.29. The van der Waals surface area contributed by atoms with E-state index in [1.165, 1.54) is 12.1 Å². The minimum absolute atomic E-state index is 0.0200. The molecule has 1 rings (SSSR count). The molecule has 0 saturated heterocycles. The molecule has 6 heteroatoms. The van der Waals surface area contributed by atoms with Crippen molar-refractivity contribution in [3.8, 4) is 0 Å². The minimum atomic E-state index is -1.18. The number of carbonyl (C=O) groups is 1. The Morgan fingerprint density at radius 1 is 1.44 bits per heavy atom. The Morgan fingerprint density at radius 3 is 2.50 bits per heavy atom. The maximum atomic E-state index is 13.5. The van der Waals surface area contributed by atoms with Gasteiger partial charge in [0.05, 0.1) is 29.3 Å². The first-order valence-corrected chi connectivity index (χ1v) is 5.85. The first kappa shape index (κ1) is 14.9. The van der Waals surface area contributed by atoms with Gasteiger partial charge >= 0.3 is 0 Å². The maximum Gasteiger partial charge on any atom is 0.256 e. The number of amides is 1. The summed E-state index contributed by atoms with van der Waals surface area (Å²) in [6, 6.07) is 3.90. The molecule has 3 N–H and O–H groups in total. The average molecular weight is 276 g/mol. The SMILES string of the molecule is CCC(CO)(CO)NC(=O)c1c(F)cccc1Cl. The highest BCUT2D eigenvalue weighted by Gasteiger charge is 2.30. The van der Waals surface area contributed by atoms with Crippen LogP contribution >= 0.6 is 11.6 Å². The summed E-state index contributed by atoms with van der Waals surface area (Å²) in [4.78, 5) is 11.9. The maximum absolute atomic E-state index is 13.5. The number of benzene rings is 1. The van der Waals surface area contributed by atoms with Gasteiger partial charge in [-0.15, -0.1) is 0 Å². The lowest BCUT2D eigenvalue weighted by Crippen LogP contribution is -2.54. The van der Waals surface area contributed by atoms with Gasteiger partial charge in [0.1, 0.15) is 5.82 Å². The third kappa shape index (κ3) is 2.98. The Labute approximate surface area is 109 Å². The molecule has 0 aliphatic heterocycles. The van der Waals surface area contributed by atoms with Crippen molar-refractivity contribution >= 4 is 17.5 Å². The molecule has 0 bridgehead atoms. The van der Waals surface area contributed by atoms with Crippen molar-refractivity contribution in [1.82, 2.24) is 5.32 Å². The molecule has 0 atom stereocenters. The summed E-state index contributed by atoms with van der Waals surface area (Å²) in [5.41, 5.74) is -1.47. The first-order valence-electron chi connectivity index (χ1n) is 5.48. The van der Waals surface area contributed by atoms with Crippen molar-refractivity contribution in [2.24, 2.45) is 0 Å². The number of aliphatic hydroxyl groups excluding tert-OH is 2. The topological polar surface area (TPSA) is 69.6 Å². The van der Waals surface area contributed by atoms with Crippen molar-refractivity contribution in [1.29, 1.82) is 0 Å². The van der Waals surface area contributed by atoms with Gasteiger partial charge < -0.3 is 15.5 Å². The number of nitrogens with one attached hydrogen (secondary N) is 1. The van der Waals surface area contributed by atoms with E-state index in [1.807, 2.05) is 0 Å². The van der Waals surface area contributed by atoms with Crippen LogP contribution in [0.15, 0.2) is 18.2 Å². The zero-order chi connectivity index (χ0) is 13.8. The molecule has 100 valence electrons. The molecule has 0 heterocycles. The molecule has 0 saturated carbocycles. The molecule has 0 spiro atoms. The number of aliphatic hydroxyl groups is 2. The molecule has 1 aromatic carbocycles. The van der Waals surface area contributed by atoms with Crippen LogP contribution in [0.25, 0.3) is 0 Å². The van der Waals surface area contributed by atoms with Gasteiger partial charge in [-0.1, -0.05) is 24.6 Å². The summed E-state index contributed by atoms with van der Waals surface area (Å²) in [5.74, 6) is -1.51. The van der Waals surface area contributed by atoms with E-state index < -0.39 is 30.5 Å². The minimum Gasteiger partial charge on any atom is -0.394 e. The summed E-state index contributed by atoms with van der Waals surface area (Å²) >= 11 is 5.76. The van der Waals surface area contributed by atoms with E-state index in [9.17, 15) is 19.4 Å². The fourth-order valence-corrected chi connectivity index (χ4v) is 1.71. The Morgan fingerprint density at radius 2 is 2.06 bits per heavy atom. The van der Waals surface area contributed by atoms with E-state index in [4.69, 9.17) is 11.6 Å². The van der Waals surface area contributed by atoms with Crippen LogP contribution in [0.2, 0.25) is 5.02 Å². The normalized spacial score (nSPS) is 11.4. The Bertz CT molecular complexity index is 407. The van der Waals surface area contributed by atoms with Crippen LogP contribution < -0.4 is 5.32 Å². The zero-order valence-corrected chi connectivity index (χ0v) is 10.7. The van der Waals surface area contributed by atoms with Gasteiger partial charge in [0, 0.05) is 0 Å². The zero-order valence-electron chi connectivity index (χ0n) is 9.91. The van der Waals surface area contributed by atoms with E-state index in [-0.39, 0.29) is 10.6 Å². The van der Waals surface area contributed by atoms with Gasteiger partial charge in [0.15, 0.2) is 0 Å². The number of hydrogen-bond donors (Lipinski definition) is 3. The number of rotatable bonds is 5. The molecular formula is C12H15ClFNO3. The smallest absolute Gasteiger partial charge is 0.256 e. The van der Waals surface area contributed by atoms with Crippen LogP contribution in [-0.4, -0.2) is 34.9 Å². The molecule has 0 fully saturated rings. The van der Waals surface area contributed by atoms with Crippen molar-refractivity contribution in [2.75, 3.05) is 13.2 Å².